The third-order valence-corrected chi connectivity index (χ3v) is 9.92. The quantitative estimate of drug-likeness (QED) is 0.218. The zero-order valence-electron chi connectivity index (χ0n) is 24.6. The molecule has 216 valence electrons. The van der Waals surface area contributed by atoms with Crippen LogP contribution in [0.15, 0.2) is 88.1 Å². The minimum absolute atomic E-state index is 0.0402. The van der Waals surface area contributed by atoms with Crippen molar-refractivity contribution in [2.45, 2.75) is 39.8 Å². The molecule has 0 bridgehead atoms. The van der Waals surface area contributed by atoms with Crippen molar-refractivity contribution in [3.63, 3.8) is 0 Å². The van der Waals surface area contributed by atoms with Crippen LogP contribution in [0.5, 0.6) is 0 Å². The van der Waals surface area contributed by atoms with E-state index in [2.05, 4.69) is 0 Å². The normalized spacial score (nSPS) is 17.4. The van der Waals surface area contributed by atoms with Crippen molar-refractivity contribution in [2.75, 3.05) is 9.80 Å². The standard InChI is InChI=1S/C36H27N3O4S/c1-19-14-22(4)30-28(15-19)44-35(37-30)39-33(41)32-29(31(40)24-16-20(2)21(3)17-27(24)43-32)36(39)25-12-8-9-13-26(25)38(34(36)42)18-23-10-6-5-7-11-23/h5-17H,18H2,1-4H3. The van der Waals surface area contributed by atoms with E-state index < -0.39 is 22.8 Å². The molecule has 7 nitrogen and oxygen atoms in total. The number of hydrogen-bond acceptors (Lipinski definition) is 6. The summed E-state index contributed by atoms with van der Waals surface area (Å²) < 4.78 is 7.22. The minimum Gasteiger partial charge on any atom is -0.450 e. The number of aromatic nitrogens is 1. The van der Waals surface area contributed by atoms with Gasteiger partial charge >= 0.3 is 0 Å². The third-order valence-electron chi connectivity index (χ3n) is 8.93. The maximum atomic E-state index is 15.2. The van der Waals surface area contributed by atoms with Gasteiger partial charge in [0.2, 0.25) is 5.76 Å². The minimum atomic E-state index is -1.79. The highest BCUT2D eigenvalue weighted by Crippen LogP contribution is 2.55. The molecule has 1 spiro atoms. The van der Waals surface area contributed by atoms with Crippen LogP contribution < -0.4 is 15.2 Å². The number of carbonyl (C=O) groups is 2. The number of nitrogens with zero attached hydrogens (tertiary/aromatic N) is 3. The Bertz CT molecular complexity index is 2290. The molecule has 2 amide bonds. The van der Waals surface area contributed by atoms with Crippen LogP contribution in [0, 0.1) is 27.7 Å². The number of amides is 2. The lowest BCUT2D eigenvalue weighted by Crippen LogP contribution is -2.53. The number of fused-ring (bicyclic) bond motifs is 6. The van der Waals surface area contributed by atoms with Gasteiger partial charge in [0.05, 0.1) is 33.4 Å². The van der Waals surface area contributed by atoms with E-state index in [0.29, 0.717) is 27.4 Å². The van der Waals surface area contributed by atoms with Crippen LogP contribution in [-0.2, 0) is 16.9 Å². The first-order valence-corrected chi connectivity index (χ1v) is 15.3. The highest BCUT2D eigenvalue weighted by atomic mass is 32.1. The van der Waals surface area contributed by atoms with E-state index >= 15 is 4.79 Å². The lowest BCUT2D eigenvalue weighted by atomic mass is 9.84. The fourth-order valence-electron chi connectivity index (χ4n) is 6.80. The lowest BCUT2D eigenvalue weighted by molar-refractivity contribution is -0.121. The van der Waals surface area contributed by atoms with Crippen LogP contribution in [0.25, 0.3) is 21.2 Å². The Morgan fingerprint density at radius 1 is 0.841 bits per heavy atom. The van der Waals surface area contributed by atoms with Crippen LogP contribution in [0.4, 0.5) is 10.8 Å². The number of thiazole rings is 1. The van der Waals surface area contributed by atoms with Gasteiger partial charge in [0, 0.05) is 5.56 Å². The highest BCUT2D eigenvalue weighted by molar-refractivity contribution is 7.22. The fraction of sp³-hybridized carbons (Fsp3) is 0.167. The molecular formula is C36H27N3O4S. The molecule has 0 fully saturated rings. The maximum Gasteiger partial charge on any atom is 0.297 e. The molecule has 0 N–H and O–H groups in total. The van der Waals surface area contributed by atoms with E-state index in [4.69, 9.17) is 9.40 Å². The molecule has 0 aliphatic carbocycles. The highest BCUT2D eigenvalue weighted by Gasteiger charge is 2.66. The summed E-state index contributed by atoms with van der Waals surface area (Å²) in [5, 5.41) is 0.675. The Kier molecular flexibility index (Phi) is 5.55. The van der Waals surface area contributed by atoms with Crippen molar-refractivity contribution >= 4 is 55.2 Å². The van der Waals surface area contributed by atoms with E-state index in [-0.39, 0.29) is 17.9 Å². The topological polar surface area (TPSA) is 83.7 Å². The second kappa shape index (κ2) is 9.21. The molecule has 4 aromatic carbocycles. The zero-order valence-corrected chi connectivity index (χ0v) is 25.4. The summed E-state index contributed by atoms with van der Waals surface area (Å²) in [4.78, 5) is 52.5. The number of rotatable bonds is 3. The smallest absolute Gasteiger partial charge is 0.297 e. The summed E-state index contributed by atoms with van der Waals surface area (Å²) in [6, 6.07) is 24.7. The maximum absolute atomic E-state index is 15.2. The average Bonchev–Trinajstić information content (AvgIpc) is 3.61. The van der Waals surface area contributed by atoms with Crippen molar-refractivity contribution in [2.24, 2.45) is 0 Å². The molecule has 8 rings (SSSR count). The first kappa shape index (κ1) is 26.5. The summed E-state index contributed by atoms with van der Waals surface area (Å²) in [5.74, 6) is -1.07. The van der Waals surface area contributed by atoms with Crippen LogP contribution in [0.1, 0.15) is 49.5 Å². The number of anilines is 2. The Morgan fingerprint density at radius 2 is 1.57 bits per heavy atom. The molecule has 44 heavy (non-hydrogen) atoms. The molecule has 2 aliphatic heterocycles. The molecule has 0 radical (unpaired) electrons. The molecule has 1 unspecified atom stereocenters. The first-order chi connectivity index (χ1) is 21.2. The SMILES string of the molecule is Cc1cc(C)c2nc(N3C(=O)c4oc5cc(C)c(C)cc5c(=O)c4C34C(=O)N(Cc3ccccc3)c3ccccc34)sc2c1. The number of benzene rings is 4. The molecule has 4 heterocycles. The molecule has 1 atom stereocenters. The summed E-state index contributed by atoms with van der Waals surface area (Å²) in [7, 11) is 0. The second-order valence-corrected chi connectivity index (χ2v) is 12.7. The zero-order chi connectivity index (χ0) is 30.5. The summed E-state index contributed by atoms with van der Waals surface area (Å²) in [5.41, 5.74) is 4.94. The molecule has 2 aromatic heterocycles. The first-order valence-electron chi connectivity index (χ1n) is 14.5. The van der Waals surface area contributed by atoms with Gasteiger partial charge in [-0.2, -0.15) is 0 Å². The van der Waals surface area contributed by atoms with E-state index in [1.807, 2.05) is 94.4 Å². The van der Waals surface area contributed by atoms with Crippen molar-refractivity contribution in [3.05, 3.63) is 134 Å². The number of aryl methyl sites for hydroxylation is 4. The molecule has 0 saturated carbocycles. The summed E-state index contributed by atoms with van der Waals surface area (Å²) in [6.45, 7) is 8.12. The van der Waals surface area contributed by atoms with Crippen LogP contribution in [0.2, 0.25) is 0 Å². The van der Waals surface area contributed by atoms with Gasteiger partial charge < -0.3 is 9.32 Å². The van der Waals surface area contributed by atoms with E-state index in [1.165, 1.54) is 16.2 Å². The molecular weight excluding hydrogens is 570 g/mol. The Labute approximate surface area is 257 Å². The van der Waals surface area contributed by atoms with E-state index in [9.17, 15) is 9.59 Å². The fourth-order valence-corrected chi connectivity index (χ4v) is 7.99. The van der Waals surface area contributed by atoms with Crippen LogP contribution in [-0.4, -0.2) is 16.8 Å². The van der Waals surface area contributed by atoms with Gasteiger partial charge in [-0.3, -0.25) is 19.3 Å². The molecule has 8 heteroatoms. The van der Waals surface area contributed by atoms with Gasteiger partial charge in [0.15, 0.2) is 16.1 Å². The van der Waals surface area contributed by atoms with Gasteiger partial charge in [-0.05, 0) is 79.8 Å². The van der Waals surface area contributed by atoms with Crippen molar-refractivity contribution in [1.29, 1.82) is 0 Å². The lowest BCUT2D eigenvalue weighted by Gasteiger charge is -2.32. The van der Waals surface area contributed by atoms with Gasteiger partial charge in [0.25, 0.3) is 11.8 Å². The van der Waals surface area contributed by atoms with Crippen molar-refractivity contribution in [3.8, 4) is 0 Å². The van der Waals surface area contributed by atoms with Gasteiger partial charge in [-0.25, -0.2) is 4.98 Å². The van der Waals surface area contributed by atoms with Crippen LogP contribution in [0.3, 0.4) is 0 Å². The number of carbonyl (C=O) groups excluding carboxylic acids is 2. The third kappa shape index (κ3) is 3.43. The second-order valence-electron chi connectivity index (χ2n) is 11.7. The molecule has 6 aromatic rings. The van der Waals surface area contributed by atoms with Crippen molar-refractivity contribution in [1.82, 2.24) is 4.98 Å². The van der Waals surface area contributed by atoms with Crippen LogP contribution >= 0.6 is 11.3 Å². The summed E-state index contributed by atoms with van der Waals surface area (Å²) >= 11 is 1.33. The molecule has 0 saturated heterocycles. The molecule has 2 aliphatic rings. The predicted octanol–water partition coefficient (Wildman–Crippen LogP) is 7.09. The average molecular weight is 598 g/mol. The monoisotopic (exact) mass is 597 g/mol. The van der Waals surface area contributed by atoms with E-state index in [1.54, 1.807) is 17.0 Å². The van der Waals surface area contributed by atoms with E-state index in [0.717, 1.165) is 38.0 Å². The Balaban J connectivity index is 1.47. The Hall–Kier alpha value is -5.08. The van der Waals surface area contributed by atoms with Gasteiger partial charge in [0.1, 0.15) is 5.58 Å². The number of para-hydroxylation sites is 1. The number of hydrogen-bond donors (Lipinski definition) is 0. The van der Waals surface area contributed by atoms with Crippen molar-refractivity contribution < 1.29 is 14.0 Å². The van der Waals surface area contributed by atoms with Gasteiger partial charge in [-0.15, -0.1) is 0 Å². The summed E-state index contributed by atoms with van der Waals surface area (Å²) in [6.07, 6.45) is 0. The predicted molar refractivity (Wildman–Crippen MR) is 173 cm³/mol. The van der Waals surface area contributed by atoms with Gasteiger partial charge in [-0.1, -0.05) is 65.9 Å². The Morgan fingerprint density at radius 3 is 2.36 bits per heavy atom. The largest absolute Gasteiger partial charge is 0.450 e.